The summed E-state index contributed by atoms with van der Waals surface area (Å²) in [5.74, 6) is -0.708. The molecule has 2 fully saturated rings. The molecule has 10 heteroatoms. The molecule has 4 atom stereocenters. The summed E-state index contributed by atoms with van der Waals surface area (Å²) in [6.07, 6.45) is -4.29. The summed E-state index contributed by atoms with van der Waals surface area (Å²) >= 11 is 0. The third-order valence-electron chi connectivity index (χ3n) is 3.71. The minimum Gasteiger partial charge on any atom is -0.463 e. The number of aliphatic hydroxyl groups excluding tert-OH is 1. The maximum Gasteiger partial charge on any atom is 0.351 e. The normalized spacial score (nSPS) is 34.0. The minimum atomic E-state index is -2.47. The Bertz CT molecular complexity index is 690. The van der Waals surface area contributed by atoms with E-state index in [1.54, 1.807) is 5.48 Å². The molecule has 10 nitrogen and oxygen atoms in total. The second kappa shape index (κ2) is 6.24. The van der Waals surface area contributed by atoms with Crippen LogP contribution in [0.2, 0.25) is 0 Å². The standard InChI is InChI=1S/C13H17N3O7/c17-9-7(5-22-12(19)6-1-2-6)23-11(10(9)18)16-4-3-8(15-21)14-13(16)20/h3-4,6-7,9-11,17-18,21H,1-2,5H2,(H,14,15,20)/t7-,9-,10?,11-/m1/s1/i9D. The lowest BCUT2D eigenvalue weighted by Crippen LogP contribution is -2.36. The Hall–Kier alpha value is -2.01. The zero-order chi connectivity index (χ0) is 17.5. The number of aromatic nitrogens is 2. The molecule has 0 bridgehead atoms. The highest BCUT2D eigenvalue weighted by molar-refractivity contribution is 5.74. The van der Waals surface area contributed by atoms with Crippen LogP contribution < -0.4 is 11.2 Å². The van der Waals surface area contributed by atoms with Gasteiger partial charge in [-0.2, -0.15) is 4.98 Å². The fourth-order valence-electron chi connectivity index (χ4n) is 2.25. The van der Waals surface area contributed by atoms with E-state index in [1.807, 2.05) is 0 Å². The van der Waals surface area contributed by atoms with E-state index in [0.717, 1.165) is 17.4 Å². The Morgan fingerprint density at radius 1 is 1.57 bits per heavy atom. The van der Waals surface area contributed by atoms with Crippen LogP contribution in [-0.4, -0.2) is 55.8 Å². The summed E-state index contributed by atoms with van der Waals surface area (Å²) < 4.78 is 19.1. The largest absolute Gasteiger partial charge is 0.463 e. The van der Waals surface area contributed by atoms with Crippen molar-refractivity contribution in [3.8, 4) is 0 Å². The van der Waals surface area contributed by atoms with Crippen molar-refractivity contribution < 1.29 is 31.1 Å². The molecule has 0 amide bonds. The molecule has 1 aliphatic carbocycles. The van der Waals surface area contributed by atoms with E-state index < -0.39 is 42.8 Å². The first-order chi connectivity index (χ1) is 11.3. The lowest BCUT2D eigenvalue weighted by Gasteiger charge is -2.17. The number of hydrogen-bond acceptors (Lipinski definition) is 9. The van der Waals surface area contributed by atoms with E-state index in [9.17, 15) is 19.8 Å². The number of aliphatic hydroxyl groups is 2. The topological polar surface area (TPSA) is 143 Å². The molecule has 2 heterocycles. The summed E-state index contributed by atoms with van der Waals surface area (Å²) in [5.41, 5.74) is 0.829. The third-order valence-corrected chi connectivity index (χ3v) is 3.71. The average Bonchev–Trinajstić information content (AvgIpc) is 3.36. The van der Waals surface area contributed by atoms with E-state index >= 15 is 0 Å². The van der Waals surface area contributed by atoms with Crippen molar-refractivity contribution in [3.05, 3.63) is 22.7 Å². The summed E-state index contributed by atoms with van der Waals surface area (Å²) in [6.45, 7) is -0.415. The summed E-state index contributed by atoms with van der Waals surface area (Å²) in [5, 5.41) is 29.0. The average molecular weight is 328 g/mol. The maximum atomic E-state index is 11.9. The Balaban J connectivity index is 1.75. The maximum absolute atomic E-state index is 11.9. The summed E-state index contributed by atoms with van der Waals surface area (Å²) in [7, 11) is 0. The van der Waals surface area contributed by atoms with Gasteiger partial charge in [-0.05, 0) is 18.9 Å². The van der Waals surface area contributed by atoms with Crippen LogP contribution in [0.4, 0.5) is 5.82 Å². The number of ether oxygens (including phenoxy) is 2. The van der Waals surface area contributed by atoms with Gasteiger partial charge in [0.05, 0.1) is 7.29 Å². The summed E-state index contributed by atoms with van der Waals surface area (Å²) in [6, 6.07) is 1.24. The van der Waals surface area contributed by atoms with Crippen LogP contribution in [0.5, 0.6) is 0 Å². The van der Waals surface area contributed by atoms with Gasteiger partial charge in [-0.3, -0.25) is 20.0 Å². The Labute approximate surface area is 131 Å². The molecule has 1 aliphatic heterocycles. The van der Waals surface area contributed by atoms with Crippen LogP contribution in [0.1, 0.15) is 20.4 Å². The van der Waals surface area contributed by atoms with Crippen LogP contribution in [0.15, 0.2) is 17.1 Å². The molecule has 23 heavy (non-hydrogen) atoms. The van der Waals surface area contributed by atoms with Gasteiger partial charge < -0.3 is 19.7 Å². The third kappa shape index (κ3) is 3.20. The van der Waals surface area contributed by atoms with Gasteiger partial charge in [0, 0.05) is 6.20 Å². The smallest absolute Gasteiger partial charge is 0.351 e. The number of rotatable bonds is 5. The molecule has 4 N–H and O–H groups in total. The van der Waals surface area contributed by atoms with Crippen molar-refractivity contribution in [2.45, 2.75) is 37.4 Å². The Morgan fingerprint density at radius 2 is 2.30 bits per heavy atom. The van der Waals surface area contributed by atoms with Crippen molar-refractivity contribution in [2.75, 3.05) is 12.1 Å². The van der Waals surface area contributed by atoms with Crippen LogP contribution in [0, 0.1) is 5.92 Å². The van der Waals surface area contributed by atoms with E-state index in [-0.39, 0.29) is 11.7 Å². The molecule has 0 radical (unpaired) electrons. The fraction of sp³-hybridized carbons (Fsp3) is 0.615. The van der Waals surface area contributed by atoms with E-state index in [4.69, 9.17) is 16.1 Å². The number of esters is 1. The molecule has 1 unspecified atom stereocenters. The van der Waals surface area contributed by atoms with Gasteiger partial charge in [0.1, 0.15) is 24.9 Å². The number of anilines is 1. The van der Waals surface area contributed by atoms with Crippen LogP contribution in [-0.2, 0) is 14.3 Å². The minimum absolute atomic E-state index is 0.111. The number of hydrogen-bond donors (Lipinski definition) is 4. The SMILES string of the molecule is [2H][C@]1(O)C(O)[C@H](n2ccc(NO)nc2=O)O[C@@H]1COC(=O)C1CC1. The first kappa shape index (κ1) is 14.6. The van der Waals surface area contributed by atoms with E-state index in [0.29, 0.717) is 0 Å². The Kier molecular flexibility index (Phi) is 3.95. The number of carbonyl (C=O) groups excluding carboxylic acids is 1. The molecule has 1 aromatic rings. The molecular formula is C13H17N3O7. The van der Waals surface area contributed by atoms with Gasteiger partial charge in [-0.25, -0.2) is 4.79 Å². The first-order valence-electron chi connectivity index (χ1n) is 7.56. The molecule has 3 rings (SSSR count). The molecule has 0 spiro atoms. The van der Waals surface area contributed by atoms with Crippen LogP contribution >= 0.6 is 0 Å². The Morgan fingerprint density at radius 3 is 2.91 bits per heavy atom. The lowest BCUT2D eigenvalue weighted by atomic mass is 10.1. The predicted octanol–water partition coefficient (Wildman–Crippen LogP) is -1.38. The fourth-order valence-corrected chi connectivity index (χ4v) is 2.25. The summed E-state index contributed by atoms with van der Waals surface area (Å²) in [4.78, 5) is 26.9. The van der Waals surface area contributed by atoms with Crippen molar-refractivity contribution in [1.82, 2.24) is 9.55 Å². The quantitative estimate of drug-likeness (QED) is 0.379. The molecule has 0 aromatic carbocycles. The molecule has 2 aliphatic rings. The number of carbonyl (C=O) groups is 1. The van der Waals surface area contributed by atoms with Crippen LogP contribution in [0.25, 0.3) is 0 Å². The number of nitrogens with zero attached hydrogens (tertiary/aromatic N) is 2. The molecular weight excluding hydrogens is 310 g/mol. The van der Waals surface area contributed by atoms with Crippen molar-refractivity contribution >= 4 is 11.8 Å². The van der Waals surface area contributed by atoms with E-state index in [1.165, 1.54) is 12.3 Å². The van der Waals surface area contributed by atoms with Gasteiger partial charge in [0.2, 0.25) is 0 Å². The lowest BCUT2D eigenvalue weighted by molar-refractivity contribution is -0.151. The van der Waals surface area contributed by atoms with Gasteiger partial charge in [0.25, 0.3) is 0 Å². The van der Waals surface area contributed by atoms with Gasteiger partial charge in [-0.15, -0.1) is 0 Å². The van der Waals surface area contributed by atoms with E-state index in [2.05, 4.69) is 4.98 Å². The van der Waals surface area contributed by atoms with Gasteiger partial charge in [-0.1, -0.05) is 0 Å². The predicted molar refractivity (Wildman–Crippen MR) is 73.5 cm³/mol. The molecule has 1 aromatic heterocycles. The molecule has 1 saturated carbocycles. The highest BCUT2D eigenvalue weighted by Crippen LogP contribution is 2.32. The second-order valence-electron chi connectivity index (χ2n) is 5.40. The zero-order valence-electron chi connectivity index (χ0n) is 13.0. The monoisotopic (exact) mass is 328 g/mol. The molecule has 126 valence electrons. The van der Waals surface area contributed by atoms with Crippen molar-refractivity contribution in [2.24, 2.45) is 5.92 Å². The zero-order valence-corrected chi connectivity index (χ0v) is 12.0. The second-order valence-corrected chi connectivity index (χ2v) is 5.40. The first-order valence-corrected chi connectivity index (χ1v) is 7.06. The van der Waals surface area contributed by atoms with Gasteiger partial charge >= 0.3 is 11.7 Å². The van der Waals surface area contributed by atoms with Gasteiger partial charge in [0.15, 0.2) is 12.0 Å². The number of nitrogens with one attached hydrogen (secondary N) is 1. The highest BCUT2D eigenvalue weighted by atomic mass is 16.6. The highest BCUT2D eigenvalue weighted by Gasteiger charge is 2.45. The van der Waals surface area contributed by atoms with Crippen molar-refractivity contribution in [3.63, 3.8) is 0 Å². The molecule has 1 saturated heterocycles. The van der Waals surface area contributed by atoms with Crippen molar-refractivity contribution in [1.29, 1.82) is 0 Å². The van der Waals surface area contributed by atoms with Crippen LogP contribution in [0.3, 0.4) is 0 Å².